The van der Waals surface area contributed by atoms with Crippen molar-refractivity contribution >= 4 is 23.2 Å². The molecule has 8 heteroatoms. The van der Waals surface area contributed by atoms with Crippen LogP contribution in [0.25, 0.3) is 0 Å². The Labute approximate surface area is 139 Å². The Hall–Kier alpha value is -2.90. The highest BCUT2D eigenvalue weighted by Crippen LogP contribution is 2.27. The Morgan fingerprint density at radius 1 is 1.33 bits per heavy atom. The fourth-order valence-corrected chi connectivity index (χ4v) is 2.23. The number of amides is 2. The van der Waals surface area contributed by atoms with Crippen LogP contribution in [0.5, 0.6) is 11.5 Å². The van der Waals surface area contributed by atoms with Crippen molar-refractivity contribution in [1.82, 2.24) is 10.9 Å². The standard InChI is InChI=1S/C16H20N4O4/c1-9(11-5-6-13(23-3)14(7-11)24-4)17-19-15(21)8-12-10(2)18-20-16(12)22/h5-7,12H,8H2,1-4H3,(H,19,21)(H,20,22)/b17-9-. The molecule has 1 aromatic carbocycles. The smallest absolute Gasteiger partial charge is 0.249 e. The fraction of sp³-hybridized carbons (Fsp3) is 0.375. The Balaban J connectivity index is 2.02. The number of carbonyl (C=O) groups is 2. The molecule has 1 aromatic rings. The first kappa shape index (κ1) is 17.5. The van der Waals surface area contributed by atoms with Gasteiger partial charge in [0.15, 0.2) is 11.5 Å². The van der Waals surface area contributed by atoms with Gasteiger partial charge >= 0.3 is 0 Å². The first-order valence-corrected chi connectivity index (χ1v) is 7.35. The van der Waals surface area contributed by atoms with E-state index in [-0.39, 0.29) is 18.2 Å². The molecule has 1 unspecified atom stereocenters. The van der Waals surface area contributed by atoms with Gasteiger partial charge < -0.3 is 9.47 Å². The van der Waals surface area contributed by atoms with E-state index in [1.165, 1.54) is 0 Å². The Bertz CT molecular complexity index is 712. The van der Waals surface area contributed by atoms with E-state index in [1.807, 2.05) is 6.07 Å². The third-order valence-electron chi connectivity index (χ3n) is 3.70. The summed E-state index contributed by atoms with van der Waals surface area (Å²) in [6.45, 7) is 3.46. The van der Waals surface area contributed by atoms with E-state index in [4.69, 9.17) is 9.47 Å². The molecule has 128 valence electrons. The number of nitrogens with zero attached hydrogens (tertiary/aromatic N) is 2. The second-order valence-electron chi connectivity index (χ2n) is 5.29. The average molecular weight is 332 g/mol. The summed E-state index contributed by atoms with van der Waals surface area (Å²) in [6, 6.07) is 5.34. The molecule has 1 aliphatic rings. The molecule has 0 bridgehead atoms. The highest BCUT2D eigenvalue weighted by Gasteiger charge is 2.29. The quantitative estimate of drug-likeness (QED) is 0.600. The number of ether oxygens (including phenoxy) is 2. The summed E-state index contributed by atoms with van der Waals surface area (Å²) < 4.78 is 10.4. The van der Waals surface area contributed by atoms with Crippen LogP contribution in [-0.2, 0) is 9.59 Å². The molecule has 0 aromatic heterocycles. The number of hydrazone groups is 2. The van der Waals surface area contributed by atoms with Crippen LogP contribution in [0.15, 0.2) is 28.4 Å². The first-order valence-electron chi connectivity index (χ1n) is 7.35. The lowest BCUT2D eigenvalue weighted by molar-refractivity contribution is -0.127. The normalized spacial score (nSPS) is 17.2. The van der Waals surface area contributed by atoms with Crippen molar-refractivity contribution in [3.8, 4) is 11.5 Å². The minimum atomic E-state index is -0.540. The Morgan fingerprint density at radius 2 is 2.04 bits per heavy atom. The van der Waals surface area contributed by atoms with Crippen LogP contribution in [-0.4, -0.2) is 37.5 Å². The maximum absolute atomic E-state index is 12.0. The van der Waals surface area contributed by atoms with Crippen LogP contribution in [0.4, 0.5) is 0 Å². The zero-order chi connectivity index (χ0) is 17.7. The van der Waals surface area contributed by atoms with E-state index in [2.05, 4.69) is 21.1 Å². The second-order valence-corrected chi connectivity index (χ2v) is 5.29. The molecule has 0 fully saturated rings. The van der Waals surface area contributed by atoms with Crippen LogP contribution >= 0.6 is 0 Å². The second kappa shape index (κ2) is 7.58. The van der Waals surface area contributed by atoms with Gasteiger partial charge in [-0.3, -0.25) is 9.59 Å². The van der Waals surface area contributed by atoms with E-state index in [0.29, 0.717) is 22.9 Å². The molecule has 24 heavy (non-hydrogen) atoms. The maximum atomic E-state index is 12.0. The van der Waals surface area contributed by atoms with Crippen LogP contribution in [0.2, 0.25) is 0 Å². The van der Waals surface area contributed by atoms with E-state index < -0.39 is 5.92 Å². The lowest BCUT2D eigenvalue weighted by Gasteiger charge is -2.10. The lowest BCUT2D eigenvalue weighted by Crippen LogP contribution is -2.29. The molecule has 1 atom stereocenters. The Kier molecular flexibility index (Phi) is 5.51. The maximum Gasteiger partial charge on any atom is 0.249 e. The number of rotatable bonds is 6. The SMILES string of the molecule is COc1ccc(/C(C)=N\NC(=O)CC2C(=O)NN=C2C)cc1OC. The van der Waals surface area contributed by atoms with Gasteiger partial charge in [-0.15, -0.1) is 0 Å². The van der Waals surface area contributed by atoms with E-state index in [9.17, 15) is 9.59 Å². The third-order valence-corrected chi connectivity index (χ3v) is 3.70. The van der Waals surface area contributed by atoms with Crippen LogP contribution in [0, 0.1) is 5.92 Å². The summed E-state index contributed by atoms with van der Waals surface area (Å²) in [4.78, 5) is 23.5. The highest BCUT2D eigenvalue weighted by atomic mass is 16.5. The summed E-state index contributed by atoms with van der Waals surface area (Å²) in [5, 5.41) is 7.87. The third kappa shape index (κ3) is 3.89. The van der Waals surface area contributed by atoms with Gasteiger partial charge in [-0.2, -0.15) is 10.2 Å². The molecule has 8 nitrogen and oxygen atoms in total. The molecule has 2 amide bonds. The van der Waals surface area contributed by atoms with Gasteiger partial charge in [0.1, 0.15) is 0 Å². The molecule has 0 saturated carbocycles. The zero-order valence-electron chi connectivity index (χ0n) is 14.0. The first-order chi connectivity index (χ1) is 11.5. The van der Waals surface area contributed by atoms with Gasteiger partial charge in [0.25, 0.3) is 0 Å². The molecular formula is C16H20N4O4. The topological polar surface area (TPSA) is 101 Å². The van der Waals surface area contributed by atoms with Gasteiger partial charge in [-0.05, 0) is 32.0 Å². The summed E-state index contributed by atoms with van der Waals surface area (Å²) >= 11 is 0. The minimum Gasteiger partial charge on any atom is -0.493 e. The summed E-state index contributed by atoms with van der Waals surface area (Å²) in [7, 11) is 3.11. The zero-order valence-corrected chi connectivity index (χ0v) is 14.0. The van der Waals surface area contributed by atoms with Crippen molar-refractivity contribution < 1.29 is 19.1 Å². The summed E-state index contributed by atoms with van der Waals surface area (Å²) in [6.07, 6.45) is 0.00385. The lowest BCUT2D eigenvalue weighted by atomic mass is 10.0. The number of hydrogen-bond acceptors (Lipinski definition) is 6. The predicted octanol–water partition coefficient (Wildman–Crippen LogP) is 1.06. The largest absolute Gasteiger partial charge is 0.493 e. The molecule has 0 spiro atoms. The van der Waals surface area contributed by atoms with E-state index in [0.717, 1.165) is 5.56 Å². The molecule has 0 aliphatic carbocycles. The number of nitrogens with one attached hydrogen (secondary N) is 2. The van der Waals surface area contributed by atoms with Crippen LogP contribution in [0.1, 0.15) is 25.8 Å². The van der Waals surface area contributed by atoms with E-state index in [1.54, 1.807) is 40.2 Å². The van der Waals surface area contributed by atoms with Crippen molar-refractivity contribution in [3.63, 3.8) is 0 Å². The highest BCUT2D eigenvalue weighted by molar-refractivity contribution is 6.09. The monoisotopic (exact) mass is 332 g/mol. The molecular weight excluding hydrogens is 312 g/mol. The van der Waals surface area contributed by atoms with Gasteiger partial charge in [-0.25, -0.2) is 10.9 Å². The molecule has 0 radical (unpaired) electrons. The van der Waals surface area contributed by atoms with Gasteiger partial charge in [0.05, 0.1) is 25.8 Å². The van der Waals surface area contributed by atoms with Gasteiger partial charge in [0, 0.05) is 17.7 Å². The van der Waals surface area contributed by atoms with Gasteiger partial charge in [0.2, 0.25) is 11.8 Å². The number of methoxy groups -OCH3 is 2. The van der Waals surface area contributed by atoms with Gasteiger partial charge in [-0.1, -0.05) is 0 Å². The van der Waals surface area contributed by atoms with Crippen LogP contribution in [0.3, 0.4) is 0 Å². The van der Waals surface area contributed by atoms with Crippen molar-refractivity contribution in [3.05, 3.63) is 23.8 Å². The molecule has 0 saturated heterocycles. The summed E-state index contributed by atoms with van der Waals surface area (Å²) in [5.74, 6) is 0.0155. The molecule has 2 rings (SSSR count). The molecule has 1 aliphatic heterocycles. The fourth-order valence-electron chi connectivity index (χ4n) is 2.23. The minimum absolute atomic E-state index is 0.00385. The molecule has 2 N–H and O–H groups in total. The number of carbonyl (C=O) groups excluding carboxylic acids is 2. The molecule has 1 heterocycles. The number of benzene rings is 1. The summed E-state index contributed by atoms with van der Waals surface area (Å²) in [5.41, 5.74) is 6.78. The number of hydrogen-bond donors (Lipinski definition) is 2. The van der Waals surface area contributed by atoms with Crippen LogP contribution < -0.4 is 20.3 Å². The Morgan fingerprint density at radius 3 is 2.62 bits per heavy atom. The van der Waals surface area contributed by atoms with Crippen molar-refractivity contribution in [2.45, 2.75) is 20.3 Å². The van der Waals surface area contributed by atoms with E-state index >= 15 is 0 Å². The predicted molar refractivity (Wildman–Crippen MR) is 89.3 cm³/mol. The van der Waals surface area contributed by atoms with Crippen molar-refractivity contribution in [1.29, 1.82) is 0 Å². The van der Waals surface area contributed by atoms with Crippen molar-refractivity contribution in [2.75, 3.05) is 14.2 Å². The van der Waals surface area contributed by atoms with Crippen molar-refractivity contribution in [2.24, 2.45) is 16.1 Å². The average Bonchev–Trinajstić information content (AvgIpc) is 2.90.